The fraction of sp³-hybridized carbons (Fsp3) is 0.297. The third kappa shape index (κ3) is 8.62. The Morgan fingerprint density at radius 2 is 1.47 bits per heavy atom. The van der Waals surface area contributed by atoms with Crippen molar-refractivity contribution in [2.45, 2.75) is 69.0 Å². The number of benzene rings is 4. The number of hydrogen-bond acceptors (Lipinski definition) is 4. The summed E-state index contributed by atoms with van der Waals surface area (Å²) < 4.78 is 57.9. The Labute approximate surface area is 275 Å². The van der Waals surface area contributed by atoms with Gasteiger partial charge in [0, 0.05) is 24.6 Å². The molecule has 4 aromatic rings. The minimum Gasteiger partial charge on any atom is -0.352 e. The normalized spacial score (nSPS) is 14.3. The lowest BCUT2D eigenvalue weighted by Crippen LogP contribution is -2.55. The van der Waals surface area contributed by atoms with Crippen molar-refractivity contribution in [3.63, 3.8) is 0 Å². The Balaban J connectivity index is 1.56. The lowest BCUT2D eigenvalue weighted by atomic mass is 9.94. The van der Waals surface area contributed by atoms with E-state index in [0.717, 1.165) is 71.8 Å². The predicted molar refractivity (Wildman–Crippen MR) is 178 cm³/mol. The molecule has 4 aromatic carbocycles. The van der Waals surface area contributed by atoms with Crippen LogP contribution in [0.2, 0.25) is 0 Å². The van der Waals surface area contributed by atoms with E-state index in [2.05, 4.69) is 5.32 Å². The molecule has 246 valence electrons. The summed E-state index contributed by atoms with van der Waals surface area (Å²) >= 11 is 0. The van der Waals surface area contributed by atoms with Gasteiger partial charge in [-0.1, -0.05) is 85.5 Å². The van der Waals surface area contributed by atoms with Gasteiger partial charge in [-0.2, -0.15) is 0 Å². The average molecular weight is 660 g/mol. The molecule has 5 rings (SSSR count). The number of halogens is 2. The van der Waals surface area contributed by atoms with Crippen LogP contribution in [-0.2, 0) is 32.6 Å². The largest absolute Gasteiger partial charge is 0.352 e. The first-order chi connectivity index (χ1) is 22.6. The van der Waals surface area contributed by atoms with Gasteiger partial charge in [0.25, 0.3) is 10.0 Å². The van der Waals surface area contributed by atoms with Crippen LogP contribution >= 0.6 is 0 Å². The highest BCUT2D eigenvalue weighted by atomic mass is 32.2. The number of nitrogens with one attached hydrogen (secondary N) is 1. The van der Waals surface area contributed by atoms with Crippen molar-refractivity contribution < 1.29 is 26.8 Å². The number of amides is 2. The first-order valence-corrected chi connectivity index (χ1v) is 17.3. The molecular weight excluding hydrogens is 620 g/mol. The van der Waals surface area contributed by atoms with Crippen LogP contribution in [0.3, 0.4) is 0 Å². The van der Waals surface area contributed by atoms with Crippen LogP contribution < -0.4 is 9.62 Å². The van der Waals surface area contributed by atoms with E-state index in [-0.39, 0.29) is 41.1 Å². The minimum absolute atomic E-state index is 0.0529. The smallest absolute Gasteiger partial charge is 0.264 e. The second-order valence-electron chi connectivity index (χ2n) is 12.0. The molecule has 0 heterocycles. The molecule has 0 saturated heterocycles. The second kappa shape index (κ2) is 15.3. The molecule has 0 bridgehead atoms. The number of sulfonamides is 1. The lowest BCUT2D eigenvalue weighted by Gasteiger charge is -2.35. The van der Waals surface area contributed by atoms with E-state index in [1.807, 2.05) is 37.3 Å². The molecular formula is C37H39F2N3O4S. The lowest BCUT2D eigenvalue weighted by molar-refractivity contribution is -0.140. The molecule has 0 aromatic heterocycles. The molecule has 0 aliphatic heterocycles. The van der Waals surface area contributed by atoms with Crippen LogP contribution in [0.5, 0.6) is 0 Å². The summed E-state index contributed by atoms with van der Waals surface area (Å²) in [6, 6.07) is 25.1. The quantitative estimate of drug-likeness (QED) is 0.187. The second-order valence-corrected chi connectivity index (χ2v) is 13.8. The Morgan fingerprint density at radius 1 is 0.830 bits per heavy atom. The summed E-state index contributed by atoms with van der Waals surface area (Å²) in [6.07, 6.45) is 4.84. The first-order valence-electron chi connectivity index (χ1n) is 15.8. The van der Waals surface area contributed by atoms with E-state index in [1.165, 1.54) is 17.0 Å². The maximum absolute atomic E-state index is 15.1. The van der Waals surface area contributed by atoms with Crippen molar-refractivity contribution in [2.75, 3.05) is 10.8 Å². The van der Waals surface area contributed by atoms with Crippen molar-refractivity contribution in [1.29, 1.82) is 0 Å². The molecule has 1 aliphatic rings. The zero-order valence-corrected chi connectivity index (χ0v) is 27.1. The van der Waals surface area contributed by atoms with Crippen molar-refractivity contribution in [2.24, 2.45) is 0 Å². The molecule has 47 heavy (non-hydrogen) atoms. The number of nitrogens with zero attached hydrogens (tertiary/aromatic N) is 2. The molecule has 1 fully saturated rings. The molecule has 10 heteroatoms. The average Bonchev–Trinajstić information content (AvgIpc) is 3.07. The Kier molecular flexibility index (Phi) is 11.0. The van der Waals surface area contributed by atoms with Crippen LogP contribution in [0.25, 0.3) is 0 Å². The van der Waals surface area contributed by atoms with Gasteiger partial charge in [0.15, 0.2) is 0 Å². The van der Waals surface area contributed by atoms with Crippen LogP contribution in [0.1, 0.15) is 48.8 Å². The van der Waals surface area contributed by atoms with Gasteiger partial charge in [0.1, 0.15) is 24.2 Å². The summed E-state index contributed by atoms with van der Waals surface area (Å²) in [6.45, 7) is 0.904. The van der Waals surface area contributed by atoms with Crippen molar-refractivity contribution in [3.8, 4) is 0 Å². The summed E-state index contributed by atoms with van der Waals surface area (Å²) in [5.74, 6) is -2.23. The van der Waals surface area contributed by atoms with E-state index in [9.17, 15) is 22.4 Å². The standard InChI is InChI=1S/C37H39F2N3O4S/c1-27-16-20-32(21-17-27)42(47(45,46)33-22-18-30(38)19-23-33)26-36(43)41(25-29-12-8-9-15-34(29)39)35(24-28-10-4-2-5-11-28)37(44)40-31-13-6-3-7-14-31/h2,4-5,8-12,15-23,31,35H,3,6-7,13-14,24-26H2,1H3,(H,40,44)/t35-/m0/s1. The first kappa shape index (κ1) is 33.8. The van der Waals surface area contributed by atoms with Gasteiger partial charge in [-0.15, -0.1) is 0 Å². The van der Waals surface area contributed by atoms with Crippen LogP contribution in [0.4, 0.5) is 14.5 Å². The van der Waals surface area contributed by atoms with Crippen LogP contribution in [-0.4, -0.2) is 43.8 Å². The van der Waals surface area contributed by atoms with Gasteiger partial charge in [0.05, 0.1) is 10.6 Å². The van der Waals surface area contributed by atoms with E-state index in [4.69, 9.17) is 0 Å². The number of anilines is 1. The van der Waals surface area contributed by atoms with Crippen LogP contribution in [0, 0.1) is 18.6 Å². The molecule has 7 nitrogen and oxygen atoms in total. The highest BCUT2D eigenvalue weighted by Crippen LogP contribution is 2.26. The monoisotopic (exact) mass is 659 g/mol. The highest BCUT2D eigenvalue weighted by molar-refractivity contribution is 7.92. The van der Waals surface area contributed by atoms with Crippen molar-refractivity contribution in [3.05, 3.63) is 131 Å². The number of carbonyl (C=O) groups is 2. The van der Waals surface area contributed by atoms with E-state index < -0.39 is 40.2 Å². The van der Waals surface area contributed by atoms with Crippen molar-refractivity contribution in [1.82, 2.24) is 10.2 Å². The molecule has 0 radical (unpaired) electrons. The molecule has 1 atom stereocenters. The number of hydrogen-bond donors (Lipinski definition) is 1. The van der Waals surface area contributed by atoms with Gasteiger partial charge in [0.2, 0.25) is 11.8 Å². The predicted octanol–water partition coefficient (Wildman–Crippen LogP) is 6.56. The summed E-state index contributed by atoms with van der Waals surface area (Å²) in [4.78, 5) is 29.7. The zero-order chi connectivity index (χ0) is 33.4. The van der Waals surface area contributed by atoms with Crippen LogP contribution in [0.15, 0.2) is 108 Å². The molecule has 0 unspecified atom stereocenters. The fourth-order valence-electron chi connectivity index (χ4n) is 5.88. The summed E-state index contributed by atoms with van der Waals surface area (Å²) in [5, 5.41) is 3.13. The molecule has 1 aliphatic carbocycles. The molecule has 1 saturated carbocycles. The number of aryl methyl sites for hydroxylation is 1. The van der Waals surface area contributed by atoms with Crippen molar-refractivity contribution >= 4 is 27.5 Å². The van der Waals surface area contributed by atoms with Gasteiger partial charge in [-0.05, 0) is 67.8 Å². The maximum Gasteiger partial charge on any atom is 0.264 e. The van der Waals surface area contributed by atoms with E-state index in [0.29, 0.717) is 0 Å². The van der Waals surface area contributed by atoms with Gasteiger partial charge < -0.3 is 10.2 Å². The topological polar surface area (TPSA) is 86.8 Å². The summed E-state index contributed by atoms with van der Waals surface area (Å²) in [7, 11) is -4.38. The van der Waals surface area contributed by atoms with E-state index in [1.54, 1.807) is 36.4 Å². The molecule has 1 N–H and O–H groups in total. The Hall–Kier alpha value is -4.57. The summed E-state index contributed by atoms with van der Waals surface area (Å²) in [5.41, 5.74) is 2.07. The SMILES string of the molecule is Cc1ccc(N(CC(=O)N(Cc2ccccc2F)[C@@H](Cc2ccccc2)C(=O)NC2CCCCC2)S(=O)(=O)c2ccc(F)cc2)cc1. The van der Waals surface area contributed by atoms with Gasteiger partial charge in [-0.25, -0.2) is 17.2 Å². The Bertz CT molecular complexity index is 1760. The third-order valence-electron chi connectivity index (χ3n) is 8.52. The highest BCUT2D eigenvalue weighted by Gasteiger charge is 2.35. The number of rotatable bonds is 12. The van der Waals surface area contributed by atoms with Gasteiger partial charge in [-0.3, -0.25) is 13.9 Å². The maximum atomic E-state index is 15.1. The minimum atomic E-state index is -4.38. The zero-order valence-electron chi connectivity index (χ0n) is 26.3. The fourth-order valence-corrected chi connectivity index (χ4v) is 7.30. The third-order valence-corrected chi connectivity index (χ3v) is 10.3. The van der Waals surface area contributed by atoms with Gasteiger partial charge >= 0.3 is 0 Å². The number of carbonyl (C=O) groups excluding carboxylic acids is 2. The Morgan fingerprint density at radius 3 is 2.13 bits per heavy atom. The molecule has 0 spiro atoms. The molecule has 2 amide bonds. The van der Waals surface area contributed by atoms with E-state index >= 15 is 4.39 Å².